The summed E-state index contributed by atoms with van der Waals surface area (Å²) in [4.78, 5) is 15.2. The van der Waals surface area contributed by atoms with Gasteiger partial charge < -0.3 is 9.15 Å². The van der Waals surface area contributed by atoms with Crippen molar-refractivity contribution in [2.24, 2.45) is 0 Å². The molecule has 0 amide bonds. The summed E-state index contributed by atoms with van der Waals surface area (Å²) in [5.41, 5.74) is 0.213. The number of alkyl halides is 1. The van der Waals surface area contributed by atoms with Crippen LogP contribution in [0.2, 0.25) is 0 Å². The van der Waals surface area contributed by atoms with E-state index in [0.29, 0.717) is 17.7 Å². The van der Waals surface area contributed by atoms with E-state index in [1.54, 1.807) is 6.92 Å². The molecular weight excluding hydrogens is 238 g/mol. The molecule has 1 rings (SSSR count). The molecular formula is C9H12ClNO3S. The van der Waals surface area contributed by atoms with Gasteiger partial charge in [-0.15, -0.1) is 11.6 Å². The van der Waals surface area contributed by atoms with Gasteiger partial charge in [0.25, 0.3) is 5.22 Å². The van der Waals surface area contributed by atoms with E-state index in [4.69, 9.17) is 20.8 Å². The lowest BCUT2D eigenvalue weighted by molar-refractivity contribution is 0.0519. The van der Waals surface area contributed by atoms with Crippen molar-refractivity contribution < 1.29 is 13.9 Å². The summed E-state index contributed by atoms with van der Waals surface area (Å²) in [6.45, 7) is 2.08. The maximum Gasteiger partial charge on any atom is 0.360 e. The normalized spacial score (nSPS) is 10.3. The molecule has 0 aliphatic rings. The first kappa shape index (κ1) is 12.4. The van der Waals surface area contributed by atoms with Gasteiger partial charge in [-0.3, -0.25) is 0 Å². The highest BCUT2D eigenvalue weighted by atomic mass is 35.5. The van der Waals surface area contributed by atoms with Gasteiger partial charge in [-0.1, -0.05) is 11.8 Å². The largest absolute Gasteiger partial charge is 0.461 e. The monoisotopic (exact) mass is 249 g/mol. The minimum atomic E-state index is -0.453. The Morgan fingerprint density at radius 3 is 3.20 bits per heavy atom. The van der Waals surface area contributed by atoms with Gasteiger partial charge in [-0.05, 0) is 13.3 Å². The molecule has 0 saturated carbocycles. The first-order chi connectivity index (χ1) is 7.27. The molecule has 0 aliphatic carbocycles. The quantitative estimate of drug-likeness (QED) is 0.336. The number of halogens is 1. The van der Waals surface area contributed by atoms with E-state index in [-0.39, 0.29) is 5.69 Å². The Kier molecular flexibility index (Phi) is 5.57. The highest BCUT2D eigenvalue weighted by Crippen LogP contribution is 2.18. The Labute approximate surface area is 97.3 Å². The fraction of sp³-hybridized carbons (Fsp3) is 0.556. The molecule has 15 heavy (non-hydrogen) atoms. The number of esters is 1. The van der Waals surface area contributed by atoms with Gasteiger partial charge in [0, 0.05) is 11.6 Å². The standard InChI is InChI=1S/C9H12ClNO3S/c1-2-13-8(12)7-6-14-9(11-7)15-5-3-4-10/h6H,2-5H2,1H3. The molecule has 0 N–H and O–H groups in total. The minimum Gasteiger partial charge on any atom is -0.461 e. The van der Waals surface area contributed by atoms with Crippen LogP contribution in [0.4, 0.5) is 0 Å². The number of ether oxygens (including phenoxy) is 1. The van der Waals surface area contributed by atoms with Crippen molar-refractivity contribution in [2.75, 3.05) is 18.2 Å². The third kappa shape index (κ3) is 4.13. The number of carbonyl (C=O) groups is 1. The Morgan fingerprint density at radius 2 is 2.53 bits per heavy atom. The predicted octanol–water partition coefficient (Wildman–Crippen LogP) is 2.57. The summed E-state index contributed by atoms with van der Waals surface area (Å²) < 4.78 is 9.86. The lowest BCUT2D eigenvalue weighted by atomic mass is 10.5. The lowest BCUT2D eigenvalue weighted by Crippen LogP contribution is -2.04. The van der Waals surface area contributed by atoms with E-state index < -0.39 is 5.97 Å². The maximum atomic E-state index is 11.2. The van der Waals surface area contributed by atoms with Gasteiger partial charge in [-0.25, -0.2) is 4.79 Å². The van der Waals surface area contributed by atoms with Crippen LogP contribution < -0.4 is 0 Å². The molecule has 0 fully saturated rings. The summed E-state index contributed by atoms with van der Waals surface area (Å²) in [5, 5.41) is 0.475. The van der Waals surface area contributed by atoms with E-state index in [0.717, 1.165) is 12.2 Å². The Bertz CT molecular complexity index is 316. The smallest absolute Gasteiger partial charge is 0.360 e. The van der Waals surface area contributed by atoms with Crippen molar-refractivity contribution in [2.45, 2.75) is 18.6 Å². The second-order valence-corrected chi connectivity index (χ2v) is 4.03. The van der Waals surface area contributed by atoms with Gasteiger partial charge >= 0.3 is 5.97 Å². The molecule has 1 aromatic rings. The van der Waals surface area contributed by atoms with E-state index in [2.05, 4.69) is 4.98 Å². The molecule has 0 bridgehead atoms. The third-order valence-electron chi connectivity index (χ3n) is 1.47. The van der Waals surface area contributed by atoms with Crippen LogP contribution in [-0.2, 0) is 4.74 Å². The molecule has 0 aliphatic heterocycles. The molecule has 0 aromatic carbocycles. The average Bonchev–Trinajstić information content (AvgIpc) is 2.67. The van der Waals surface area contributed by atoms with Crippen LogP contribution in [0.25, 0.3) is 0 Å². The van der Waals surface area contributed by atoms with Crippen LogP contribution in [0, 0.1) is 0 Å². The van der Waals surface area contributed by atoms with Crippen molar-refractivity contribution in [1.29, 1.82) is 0 Å². The van der Waals surface area contributed by atoms with Crippen LogP contribution in [-0.4, -0.2) is 29.2 Å². The van der Waals surface area contributed by atoms with E-state index in [9.17, 15) is 4.79 Å². The van der Waals surface area contributed by atoms with Crippen molar-refractivity contribution in [1.82, 2.24) is 4.98 Å². The molecule has 0 saturated heterocycles. The number of oxazole rings is 1. The van der Waals surface area contributed by atoms with Gasteiger partial charge in [0.05, 0.1) is 6.61 Å². The zero-order chi connectivity index (χ0) is 11.1. The number of carbonyl (C=O) groups excluding carboxylic acids is 1. The molecule has 0 atom stereocenters. The highest BCUT2D eigenvalue weighted by Gasteiger charge is 2.12. The SMILES string of the molecule is CCOC(=O)c1coc(SCCCCl)n1. The summed E-state index contributed by atoms with van der Waals surface area (Å²) in [6.07, 6.45) is 2.18. The minimum absolute atomic E-state index is 0.213. The molecule has 6 heteroatoms. The molecule has 0 radical (unpaired) electrons. The van der Waals surface area contributed by atoms with Gasteiger partial charge in [-0.2, -0.15) is 4.98 Å². The van der Waals surface area contributed by atoms with E-state index >= 15 is 0 Å². The molecule has 1 aromatic heterocycles. The van der Waals surface area contributed by atoms with Gasteiger partial charge in [0.1, 0.15) is 6.26 Å². The number of aromatic nitrogens is 1. The molecule has 1 heterocycles. The Balaban J connectivity index is 2.45. The second-order valence-electron chi connectivity index (χ2n) is 2.61. The second kappa shape index (κ2) is 6.74. The lowest BCUT2D eigenvalue weighted by Gasteiger charge is -1.95. The fourth-order valence-corrected chi connectivity index (χ4v) is 1.87. The van der Waals surface area contributed by atoms with Crippen LogP contribution in [0.1, 0.15) is 23.8 Å². The van der Waals surface area contributed by atoms with Crippen molar-refractivity contribution >= 4 is 29.3 Å². The summed E-state index contributed by atoms with van der Waals surface area (Å²) >= 11 is 6.96. The first-order valence-electron chi connectivity index (χ1n) is 4.59. The molecule has 84 valence electrons. The van der Waals surface area contributed by atoms with Gasteiger partial charge in [0.2, 0.25) is 0 Å². The van der Waals surface area contributed by atoms with Crippen LogP contribution in [0.15, 0.2) is 15.9 Å². The Hall–Kier alpha value is -0.680. The maximum absolute atomic E-state index is 11.2. The van der Waals surface area contributed by atoms with E-state index in [1.807, 2.05) is 0 Å². The molecule has 4 nitrogen and oxygen atoms in total. The molecule has 0 unspecified atom stereocenters. The Morgan fingerprint density at radius 1 is 1.73 bits per heavy atom. The number of hydrogen-bond donors (Lipinski definition) is 0. The third-order valence-corrected chi connectivity index (χ3v) is 2.67. The number of rotatable bonds is 6. The fourth-order valence-electron chi connectivity index (χ4n) is 0.836. The van der Waals surface area contributed by atoms with Crippen LogP contribution >= 0.6 is 23.4 Å². The van der Waals surface area contributed by atoms with Crippen molar-refractivity contribution in [3.8, 4) is 0 Å². The number of thioether (sulfide) groups is 1. The zero-order valence-corrected chi connectivity index (χ0v) is 9.94. The zero-order valence-electron chi connectivity index (χ0n) is 8.36. The van der Waals surface area contributed by atoms with Crippen molar-refractivity contribution in [3.05, 3.63) is 12.0 Å². The average molecular weight is 250 g/mol. The predicted molar refractivity (Wildman–Crippen MR) is 58.5 cm³/mol. The van der Waals surface area contributed by atoms with E-state index in [1.165, 1.54) is 18.0 Å². The number of hydrogen-bond acceptors (Lipinski definition) is 5. The highest BCUT2D eigenvalue weighted by molar-refractivity contribution is 7.99. The summed E-state index contributed by atoms with van der Waals surface area (Å²) in [5.74, 6) is 0.982. The van der Waals surface area contributed by atoms with Gasteiger partial charge in [0.15, 0.2) is 5.69 Å². The van der Waals surface area contributed by atoms with Crippen LogP contribution in [0.3, 0.4) is 0 Å². The summed E-state index contributed by atoms with van der Waals surface area (Å²) in [6, 6.07) is 0. The molecule has 0 spiro atoms. The number of nitrogens with zero attached hydrogens (tertiary/aromatic N) is 1. The van der Waals surface area contributed by atoms with Crippen molar-refractivity contribution in [3.63, 3.8) is 0 Å². The first-order valence-corrected chi connectivity index (χ1v) is 6.11. The van der Waals surface area contributed by atoms with Crippen LogP contribution in [0.5, 0.6) is 0 Å². The summed E-state index contributed by atoms with van der Waals surface area (Å²) in [7, 11) is 0. The topological polar surface area (TPSA) is 52.3 Å².